The minimum atomic E-state index is 0.873. The van der Waals surface area contributed by atoms with Crippen molar-refractivity contribution >= 4 is 21.9 Å². The molecular formula is C75H49N3O. The molecule has 0 N–H and O–H groups in total. The SMILES string of the molecule is c1ccc(-c2ccc3c(c2)oc2ccc(-c4ccnc(-c5ccc(-c6ccccc6-c6cc(-c7ccccc7-c7ccc(-c8ccccn8)cc7)cc(-c7ccccc7-c7ccc(-c8ccccn8)cc7)c6)cc5)c4)cc23)cc1. The standard InChI is InChI=1S/C75H49N3O/c1-2-14-50(15-3-1)58-36-38-69-70-47-57(37-39-74(70)79-75(69)49-58)59-40-43-78-73(48-59)56-34-28-53(29-35-56)65-18-6-9-21-68(65)62-45-60(66-19-7-4-16-63(66)51-24-30-54(31-25-51)71-22-10-12-41-76-71)44-61(46-62)67-20-8-5-17-64(67)52-26-32-55(33-27-52)72-23-11-13-42-77-72/h1-49H. The number of furan rings is 1. The van der Waals surface area contributed by atoms with E-state index in [-0.39, 0.29) is 0 Å². The molecule has 0 aliphatic heterocycles. The lowest BCUT2D eigenvalue weighted by Gasteiger charge is -2.18. The summed E-state index contributed by atoms with van der Waals surface area (Å²) in [4.78, 5) is 14.1. The van der Waals surface area contributed by atoms with Gasteiger partial charge in [-0.15, -0.1) is 0 Å². The van der Waals surface area contributed by atoms with Crippen molar-refractivity contribution in [1.29, 1.82) is 0 Å². The van der Waals surface area contributed by atoms with Gasteiger partial charge in [0.15, 0.2) is 0 Å². The average molecular weight is 1010 g/mol. The zero-order valence-electron chi connectivity index (χ0n) is 43.0. The van der Waals surface area contributed by atoms with Crippen molar-refractivity contribution in [2.24, 2.45) is 0 Å². The average Bonchev–Trinajstić information content (AvgIpc) is 4.06. The summed E-state index contributed by atoms with van der Waals surface area (Å²) in [7, 11) is 0. The quantitative estimate of drug-likeness (QED) is 0.130. The van der Waals surface area contributed by atoms with E-state index in [9.17, 15) is 0 Å². The molecule has 0 aliphatic carbocycles. The molecule has 0 amide bonds. The Kier molecular flexibility index (Phi) is 12.2. The first-order valence-electron chi connectivity index (χ1n) is 26.7. The molecule has 4 nitrogen and oxygen atoms in total. The van der Waals surface area contributed by atoms with E-state index in [1.807, 2.05) is 48.9 Å². The molecule has 4 heteroatoms. The van der Waals surface area contributed by atoms with Gasteiger partial charge in [0.25, 0.3) is 0 Å². The summed E-state index contributed by atoms with van der Waals surface area (Å²) < 4.78 is 6.39. The fourth-order valence-corrected chi connectivity index (χ4v) is 11.1. The monoisotopic (exact) mass is 1010 g/mol. The van der Waals surface area contributed by atoms with E-state index in [0.717, 1.165) is 139 Å². The number of aromatic nitrogens is 3. The van der Waals surface area contributed by atoms with Crippen LogP contribution in [-0.2, 0) is 0 Å². The van der Waals surface area contributed by atoms with Crippen molar-refractivity contribution < 1.29 is 4.42 Å². The maximum Gasteiger partial charge on any atom is 0.136 e. The van der Waals surface area contributed by atoms with Crippen LogP contribution in [0.1, 0.15) is 0 Å². The third kappa shape index (κ3) is 9.28. The number of fused-ring (bicyclic) bond motifs is 3. The van der Waals surface area contributed by atoms with Gasteiger partial charge in [-0.25, -0.2) is 0 Å². The van der Waals surface area contributed by atoms with Crippen LogP contribution < -0.4 is 0 Å². The van der Waals surface area contributed by atoms with Crippen LogP contribution in [0.4, 0.5) is 0 Å². The van der Waals surface area contributed by atoms with Gasteiger partial charge in [0.1, 0.15) is 11.2 Å². The molecule has 0 saturated carbocycles. The van der Waals surface area contributed by atoms with E-state index in [1.54, 1.807) is 0 Å². The molecule has 79 heavy (non-hydrogen) atoms. The molecule has 0 spiro atoms. The largest absolute Gasteiger partial charge is 0.456 e. The van der Waals surface area contributed by atoms with Gasteiger partial charge in [0, 0.05) is 46.1 Å². The number of hydrogen-bond acceptors (Lipinski definition) is 4. The van der Waals surface area contributed by atoms with Crippen LogP contribution in [0.15, 0.2) is 302 Å². The Bertz CT molecular complexity index is 4350. The maximum atomic E-state index is 6.39. The zero-order valence-corrected chi connectivity index (χ0v) is 43.0. The summed E-state index contributed by atoms with van der Waals surface area (Å²) in [5, 5.41) is 2.20. The molecule has 14 aromatic rings. The second-order valence-corrected chi connectivity index (χ2v) is 19.9. The molecule has 0 aliphatic rings. The predicted molar refractivity (Wildman–Crippen MR) is 327 cm³/mol. The van der Waals surface area contributed by atoms with Crippen molar-refractivity contribution in [3.63, 3.8) is 0 Å². The van der Waals surface area contributed by atoms with E-state index < -0.39 is 0 Å². The van der Waals surface area contributed by atoms with Crippen molar-refractivity contribution in [2.45, 2.75) is 0 Å². The molecule has 10 aromatic carbocycles. The third-order valence-corrected chi connectivity index (χ3v) is 15.1. The minimum Gasteiger partial charge on any atom is -0.456 e. The van der Waals surface area contributed by atoms with Gasteiger partial charge in [0.05, 0.1) is 17.1 Å². The fraction of sp³-hybridized carbons (Fsp3) is 0. The molecule has 0 atom stereocenters. The van der Waals surface area contributed by atoms with Crippen LogP contribution in [0.5, 0.6) is 0 Å². The molecule has 0 radical (unpaired) electrons. The normalized spacial score (nSPS) is 11.3. The van der Waals surface area contributed by atoms with E-state index in [4.69, 9.17) is 9.40 Å². The topological polar surface area (TPSA) is 51.8 Å². The Labute approximate surface area is 459 Å². The van der Waals surface area contributed by atoms with E-state index in [1.165, 1.54) is 5.56 Å². The van der Waals surface area contributed by atoms with Gasteiger partial charge in [-0.1, -0.05) is 200 Å². The summed E-state index contributed by atoms with van der Waals surface area (Å²) >= 11 is 0. The second kappa shape index (κ2) is 20.5. The lowest BCUT2D eigenvalue weighted by atomic mass is 9.86. The van der Waals surface area contributed by atoms with Gasteiger partial charge >= 0.3 is 0 Å². The van der Waals surface area contributed by atoms with Gasteiger partial charge in [-0.3, -0.25) is 15.0 Å². The van der Waals surface area contributed by atoms with E-state index >= 15 is 0 Å². The molecule has 4 aromatic heterocycles. The molecule has 4 heterocycles. The Morgan fingerprint density at radius 2 is 0.570 bits per heavy atom. The molecular weight excluding hydrogens is 959 g/mol. The molecule has 0 fully saturated rings. The highest BCUT2D eigenvalue weighted by molar-refractivity contribution is 6.07. The number of nitrogens with zero attached hydrogens (tertiary/aromatic N) is 3. The van der Waals surface area contributed by atoms with Gasteiger partial charge in [-0.05, 0) is 168 Å². The van der Waals surface area contributed by atoms with Crippen LogP contribution in [0, 0.1) is 0 Å². The van der Waals surface area contributed by atoms with E-state index in [0.29, 0.717) is 0 Å². The van der Waals surface area contributed by atoms with Gasteiger partial charge in [0.2, 0.25) is 0 Å². The molecule has 14 rings (SSSR count). The third-order valence-electron chi connectivity index (χ3n) is 15.1. The summed E-state index contributed by atoms with van der Waals surface area (Å²) in [5.74, 6) is 0. The van der Waals surface area contributed by atoms with Crippen LogP contribution in [0.25, 0.3) is 145 Å². The Hall–Kier alpha value is -10.6. The molecule has 0 bridgehead atoms. The second-order valence-electron chi connectivity index (χ2n) is 19.9. The first-order valence-corrected chi connectivity index (χ1v) is 26.7. The van der Waals surface area contributed by atoms with E-state index in [2.05, 4.69) is 259 Å². The number of rotatable bonds is 11. The minimum absolute atomic E-state index is 0.873. The smallest absolute Gasteiger partial charge is 0.136 e. The number of benzene rings is 10. The van der Waals surface area contributed by atoms with Crippen molar-refractivity contribution in [1.82, 2.24) is 15.0 Å². The summed E-state index contributed by atoms with van der Waals surface area (Å²) in [5.41, 5.74) is 26.0. The molecule has 0 unspecified atom stereocenters. The Balaban J connectivity index is 0.829. The maximum absolute atomic E-state index is 6.39. The van der Waals surface area contributed by atoms with Crippen LogP contribution in [0.3, 0.4) is 0 Å². The Morgan fingerprint density at radius 3 is 1.05 bits per heavy atom. The zero-order chi connectivity index (χ0) is 52.5. The first kappa shape index (κ1) is 46.9. The summed E-state index contributed by atoms with van der Waals surface area (Å²) in [6.07, 6.45) is 5.60. The van der Waals surface area contributed by atoms with Gasteiger partial charge < -0.3 is 4.42 Å². The highest BCUT2D eigenvalue weighted by atomic mass is 16.3. The number of pyridine rings is 3. The van der Waals surface area contributed by atoms with Crippen LogP contribution in [-0.4, -0.2) is 15.0 Å². The summed E-state index contributed by atoms with van der Waals surface area (Å²) in [6.45, 7) is 0. The molecule has 370 valence electrons. The van der Waals surface area contributed by atoms with Crippen molar-refractivity contribution in [3.05, 3.63) is 298 Å². The Morgan fingerprint density at radius 1 is 0.190 bits per heavy atom. The molecule has 0 saturated heterocycles. The number of hydrogen-bond donors (Lipinski definition) is 0. The van der Waals surface area contributed by atoms with Gasteiger partial charge in [-0.2, -0.15) is 0 Å². The lowest BCUT2D eigenvalue weighted by molar-refractivity contribution is 0.669. The van der Waals surface area contributed by atoms with Crippen molar-refractivity contribution in [2.75, 3.05) is 0 Å². The highest BCUT2D eigenvalue weighted by Gasteiger charge is 2.18. The van der Waals surface area contributed by atoms with Crippen molar-refractivity contribution in [3.8, 4) is 123 Å². The fourth-order valence-electron chi connectivity index (χ4n) is 11.1. The summed E-state index contributed by atoms with van der Waals surface area (Å²) in [6, 6.07) is 99.5. The first-order chi connectivity index (χ1) is 39.1. The predicted octanol–water partition coefficient (Wildman–Crippen LogP) is 20.1. The lowest BCUT2D eigenvalue weighted by Crippen LogP contribution is -1.92. The van der Waals surface area contributed by atoms with Crippen LogP contribution >= 0.6 is 0 Å². The van der Waals surface area contributed by atoms with Crippen LogP contribution in [0.2, 0.25) is 0 Å². The highest BCUT2D eigenvalue weighted by Crippen LogP contribution is 2.43.